The quantitative estimate of drug-likeness (QED) is 0.635. The smallest absolute Gasteiger partial charge is 0.112 e. The van der Waals surface area contributed by atoms with E-state index < -0.39 is 0 Å². The zero-order valence-electron chi connectivity index (χ0n) is 7.07. The van der Waals surface area contributed by atoms with Crippen LogP contribution in [-0.4, -0.2) is 19.8 Å². The van der Waals surface area contributed by atoms with E-state index in [1.54, 1.807) is 7.11 Å². The molecule has 1 fully saturated rings. The molecule has 0 spiro atoms. The molecule has 0 N–H and O–H groups in total. The Balaban J connectivity index is 1.97. The van der Waals surface area contributed by atoms with Crippen molar-refractivity contribution in [3.05, 3.63) is 35.9 Å². The lowest BCUT2D eigenvalue weighted by Crippen LogP contribution is -1.98. The van der Waals surface area contributed by atoms with Gasteiger partial charge in [0.25, 0.3) is 0 Å². The molecule has 1 saturated heterocycles. The minimum absolute atomic E-state index is 0.270. The van der Waals surface area contributed by atoms with Gasteiger partial charge in [-0.3, -0.25) is 0 Å². The molecule has 0 unspecified atom stereocenters. The zero-order chi connectivity index (χ0) is 8.39. The van der Waals surface area contributed by atoms with Crippen LogP contribution in [-0.2, 0) is 9.47 Å². The van der Waals surface area contributed by atoms with E-state index in [9.17, 15) is 0 Å². The first-order chi connectivity index (χ1) is 5.92. The van der Waals surface area contributed by atoms with Crippen LogP contribution in [0, 0.1) is 0 Å². The summed E-state index contributed by atoms with van der Waals surface area (Å²) in [6.45, 7) is 0.694. The van der Waals surface area contributed by atoms with Crippen LogP contribution in [0.5, 0.6) is 0 Å². The van der Waals surface area contributed by atoms with E-state index in [-0.39, 0.29) is 12.2 Å². The summed E-state index contributed by atoms with van der Waals surface area (Å²) in [5, 5.41) is 0. The average molecular weight is 164 g/mol. The fourth-order valence-corrected chi connectivity index (χ4v) is 1.37. The first kappa shape index (κ1) is 7.77. The second-order valence-electron chi connectivity index (χ2n) is 2.96. The minimum Gasteiger partial charge on any atom is -0.382 e. The van der Waals surface area contributed by atoms with E-state index in [1.807, 2.05) is 18.2 Å². The van der Waals surface area contributed by atoms with E-state index in [2.05, 4.69) is 12.1 Å². The van der Waals surface area contributed by atoms with Crippen LogP contribution in [0.2, 0.25) is 0 Å². The van der Waals surface area contributed by atoms with Gasteiger partial charge in [0.1, 0.15) is 12.2 Å². The Hall–Kier alpha value is -0.860. The van der Waals surface area contributed by atoms with Crippen molar-refractivity contribution in [2.24, 2.45) is 0 Å². The van der Waals surface area contributed by atoms with E-state index in [0.29, 0.717) is 6.61 Å². The fraction of sp³-hybridized carbons (Fsp3) is 0.400. The monoisotopic (exact) mass is 164 g/mol. The Labute approximate surface area is 72.1 Å². The van der Waals surface area contributed by atoms with E-state index in [4.69, 9.17) is 9.47 Å². The Morgan fingerprint density at radius 2 is 2.08 bits per heavy atom. The molecule has 1 aromatic carbocycles. The summed E-state index contributed by atoms with van der Waals surface area (Å²) < 4.78 is 10.4. The van der Waals surface area contributed by atoms with Crippen LogP contribution in [0.4, 0.5) is 0 Å². The van der Waals surface area contributed by atoms with Crippen molar-refractivity contribution in [2.75, 3.05) is 13.7 Å². The SMILES string of the molecule is COC[C@H]1O[C@H]1c1ccccc1. The maximum atomic E-state index is 5.42. The van der Waals surface area contributed by atoms with Crippen LogP contribution < -0.4 is 0 Å². The second-order valence-corrected chi connectivity index (χ2v) is 2.96. The van der Waals surface area contributed by atoms with Gasteiger partial charge in [-0.15, -0.1) is 0 Å². The van der Waals surface area contributed by atoms with Crippen molar-refractivity contribution in [2.45, 2.75) is 12.2 Å². The first-order valence-electron chi connectivity index (χ1n) is 4.11. The molecule has 0 radical (unpaired) electrons. The Morgan fingerprint density at radius 3 is 2.75 bits per heavy atom. The molecule has 2 heteroatoms. The standard InChI is InChI=1S/C10H12O2/c1-11-7-9-10(12-9)8-5-3-2-4-6-8/h2-6,9-10H,7H2,1H3/t9-,10+/m1/s1. The summed E-state index contributed by atoms with van der Waals surface area (Å²) in [6.07, 6.45) is 0.545. The molecule has 2 rings (SSSR count). The van der Waals surface area contributed by atoms with Crippen molar-refractivity contribution in [3.8, 4) is 0 Å². The average Bonchev–Trinajstić information content (AvgIpc) is 2.87. The number of epoxide rings is 1. The van der Waals surface area contributed by atoms with Crippen LogP contribution in [0.25, 0.3) is 0 Å². The number of benzene rings is 1. The Morgan fingerprint density at radius 1 is 1.33 bits per heavy atom. The highest BCUT2D eigenvalue weighted by Gasteiger charge is 2.39. The van der Waals surface area contributed by atoms with Gasteiger partial charge in [0.15, 0.2) is 0 Å². The molecule has 0 aliphatic carbocycles. The highest BCUT2D eigenvalue weighted by atomic mass is 16.6. The molecule has 2 nitrogen and oxygen atoms in total. The van der Waals surface area contributed by atoms with Gasteiger partial charge in [-0.05, 0) is 5.56 Å². The van der Waals surface area contributed by atoms with Gasteiger partial charge in [-0.1, -0.05) is 30.3 Å². The Bertz CT molecular complexity index is 245. The predicted molar refractivity (Wildman–Crippen MR) is 45.9 cm³/mol. The largest absolute Gasteiger partial charge is 0.382 e. The minimum atomic E-state index is 0.270. The molecule has 1 aromatic rings. The summed E-state index contributed by atoms with van der Waals surface area (Å²) in [5.41, 5.74) is 1.25. The zero-order valence-corrected chi connectivity index (χ0v) is 7.07. The highest BCUT2D eigenvalue weighted by Crippen LogP contribution is 2.38. The molecule has 1 aliphatic heterocycles. The lowest BCUT2D eigenvalue weighted by Gasteiger charge is -1.93. The summed E-state index contributed by atoms with van der Waals surface area (Å²) in [7, 11) is 1.70. The molecule has 64 valence electrons. The van der Waals surface area contributed by atoms with E-state index in [0.717, 1.165) is 0 Å². The first-order valence-corrected chi connectivity index (χ1v) is 4.11. The lowest BCUT2D eigenvalue weighted by atomic mass is 10.1. The molecule has 1 heterocycles. The molecule has 1 aliphatic rings. The van der Waals surface area contributed by atoms with Crippen molar-refractivity contribution in [1.82, 2.24) is 0 Å². The van der Waals surface area contributed by atoms with Crippen LogP contribution in [0.3, 0.4) is 0 Å². The molecule has 12 heavy (non-hydrogen) atoms. The molecule has 2 atom stereocenters. The normalized spacial score (nSPS) is 27.1. The van der Waals surface area contributed by atoms with Crippen LogP contribution in [0.1, 0.15) is 11.7 Å². The van der Waals surface area contributed by atoms with Gasteiger partial charge in [-0.25, -0.2) is 0 Å². The van der Waals surface area contributed by atoms with Crippen molar-refractivity contribution in [1.29, 1.82) is 0 Å². The summed E-state index contributed by atoms with van der Waals surface area (Å²) in [4.78, 5) is 0. The van der Waals surface area contributed by atoms with E-state index in [1.165, 1.54) is 5.56 Å². The number of methoxy groups -OCH3 is 1. The number of ether oxygens (including phenoxy) is 2. The molecule has 0 aromatic heterocycles. The molecule has 0 saturated carbocycles. The maximum absolute atomic E-state index is 5.42. The van der Waals surface area contributed by atoms with Gasteiger partial charge in [-0.2, -0.15) is 0 Å². The topological polar surface area (TPSA) is 21.8 Å². The van der Waals surface area contributed by atoms with Gasteiger partial charge in [0.2, 0.25) is 0 Å². The third kappa shape index (κ3) is 1.49. The molecular weight excluding hydrogens is 152 g/mol. The summed E-state index contributed by atoms with van der Waals surface area (Å²) in [5.74, 6) is 0. The second kappa shape index (κ2) is 3.25. The third-order valence-electron chi connectivity index (χ3n) is 2.04. The van der Waals surface area contributed by atoms with Crippen LogP contribution >= 0.6 is 0 Å². The van der Waals surface area contributed by atoms with Gasteiger partial charge in [0.05, 0.1) is 6.61 Å². The van der Waals surface area contributed by atoms with Crippen molar-refractivity contribution < 1.29 is 9.47 Å². The van der Waals surface area contributed by atoms with Gasteiger partial charge < -0.3 is 9.47 Å². The van der Waals surface area contributed by atoms with Gasteiger partial charge in [0, 0.05) is 7.11 Å². The van der Waals surface area contributed by atoms with Crippen molar-refractivity contribution in [3.63, 3.8) is 0 Å². The lowest BCUT2D eigenvalue weighted by molar-refractivity contribution is 0.171. The summed E-state index contributed by atoms with van der Waals surface area (Å²) in [6, 6.07) is 10.2. The number of rotatable bonds is 3. The number of hydrogen-bond donors (Lipinski definition) is 0. The summed E-state index contributed by atoms with van der Waals surface area (Å²) >= 11 is 0. The highest BCUT2D eigenvalue weighted by molar-refractivity contribution is 5.22. The maximum Gasteiger partial charge on any atom is 0.112 e. The van der Waals surface area contributed by atoms with Gasteiger partial charge >= 0.3 is 0 Å². The molecular formula is C10H12O2. The predicted octanol–water partition coefficient (Wildman–Crippen LogP) is 1.77. The van der Waals surface area contributed by atoms with Crippen molar-refractivity contribution >= 4 is 0 Å². The Kier molecular flexibility index (Phi) is 2.11. The molecule has 0 amide bonds. The third-order valence-corrected chi connectivity index (χ3v) is 2.04. The molecule has 0 bridgehead atoms. The number of hydrogen-bond acceptors (Lipinski definition) is 2. The van der Waals surface area contributed by atoms with E-state index >= 15 is 0 Å². The van der Waals surface area contributed by atoms with Crippen LogP contribution in [0.15, 0.2) is 30.3 Å². The fourth-order valence-electron chi connectivity index (χ4n) is 1.37.